The van der Waals surface area contributed by atoms with Crippen LogP contribution in [-0.2, 0) is 0 Å². The van der Waals surface area contributed by atoms with Gasteiger partial charge in [-0.2, -0.15) is 0 Å². The fourth-order valence-electron chi connectivity index (χ4n) is 1.60. The molecule has 0 saturated heterocycles. The van der Waals surface area contributed by atoms with Gasteiger partial charge >= 0.3 is 0 Å². The summed E-state index contributed by atoms with van der Waals surface area (Å²) in [6.45, 7) is 4.22. The third kappa shape index (κ3) is 4.44. The number of phenols is 1. The summed E-state index contributed by atoms with van der Waals surface area (Å²) in [7, 11) is 0. The van der Waals surface area contributed by atoms with Gasteiger partial charge in [0, 0.05) is 6.54 Å². The molecule has 0 fully saturated rings. The molecule has 1 amide bonds. The standard InChI is InChI=1S/C13H19NO3/c1-9(2)7-10(15)8-14-13(17)11-5-3-4-6-12(11)16/h3-6,9-10,15-16H,7-8H2,1-2H3,(H,14,17). The third-order valence-electron chi connectivity index (χ3n) is 2.39. The third-order valence-corrected chi connectivity index (χ3v) is 2.39. The monoisotopic (exact) mass is 237 g/mol. The number of nitrogens with one attached hydrogen (secondary N) is 1. The van der Waals surface area contributed by atoms with E-state index in [-0.39, 0.29) is 23.8 Å². The number of aromatic hydroxyl groups is 1. The van der Waals surface area contributed by atoms with Crippen LogP contribution in [0.3, 0.4) is 0 Å². The van der Waals surface area contributed by atoms with E-state index in [0.29, 0.717) is 12.3 Å². The number of rotatable bonds is 5. The number of hydrogen-bond acceptors (Lipinski definition) is 3. The number of carbonyl (C=O) groups excluding carboxylic acids is 1. The van der Waals surface area contributed by atoms with Gasteiger partial charge in [0.05, 0.1) is 11.7 Å². The van der Waals surface area contributed by atoms with E-state index in [2.05, 4.69) is 5.32 Å². The van der Waals surface area contributed by atoms with Gasteiger partial charge in [0.15, 0.2) is 0 Å². The number of amides is 1. The zero-order valence-electron chi connectivity index (χ0n) is 10.2. The van der Waals surface area contributed by atoms with Crippen LogP contribution in [0.25, 0.3) is 0 Å². The van der Waals surface area contributed by atoms with Crippen LogP contribution in [0.15, 0.2) is 24.3 Å². The summed E-state index contributed by atoms with van der Waals surface area (Å²) in [5.41, 5.74) is 0.226. The second-order valence-electron chi connectivity index (χ2n) is 4.51. The summed E-state index contributed by atoms with van der Waals surface area (Å²) in [4.78, 5) is 11.7. The predicted molar refractivity (Wildman–Crippen MR) is 65.9 cm³/mol. The highest BCUT2D eigenvalue weighted by Gasteiger charge is 2.12. The normalized spacial score (nSPS) is 12.5. The molecule has 17 heavy (non-hydrogen) atoms. The Morgan fingerprint density at radius 3 is 2.59 bits per heavy atom. The summed E-state index contributed by atoms with van der Waals surface area (Å²) >= 11 is 0. The molecule has 1 aromatic carbocycles. The van der Waals surface area contributed by atoms with E-state index < -0.39 is 6.10 Å². The van der Waals surface area contributed by atoms with Crippen LogP contribution < -0.4 is 5.32 Å². The average Bonchev–Trinajstić information content (AvgIpc) is 2.25. The van der Waals surface area contributed by atoms with E-state index in [0.717, 1.165) is 0 Å². The zero-order chi connectivity index (χ0) is 12.8. The van der Waals surface area contributed by atoms with Gasteiger partial charge in [0.25, 0.3) is 5.91 Å². The second kappa shape index (κ2) is 6.25. The molecule has 1 aromatic rings. The molecular formula is C13H19NO3. The van der Waals surface area contributed by atoms with Crippen molar-refractivity contribution in [3.05, 3.63) is 29.8 Å². The molecule has 0 aliphatic carbocycles. The first-order chi connectivity index (χ1) is 8.00. The first kappa shape index (κ1) is 13.5. The number of para-hydroxylation sites is 1. The second-order valence-corrected chi connectivity index (χ2v) is 4.51. The Balaban J connectivity index is 2.48. The summed E-state index contributed by atoms with van der Waals surface area (Å²) < 4.78 is 0. The van der Waals surface area contributed by atoms with Crippen LogP contribution in [-0.4, -0.2) is 28.8 Å². The summed E-state index contributed by atoms with van der Waals surface area (Å²) in [6, 6.07) is 6.33. The molecule has 0 radical (unpaired) electrons. The molecule has 0 spiro atoms. The molecule has 4 nitrogen and oxygen atoms in total. The fraction of sp³-hybridized carbons (Fsp3) is 0.462. The number of aliphatic hydroxyl groups is 1. The summed E-state index contributed by atoms with van der Waals surface area (Å²) in [5.74, 6) is -0.0405. The van der Waals surface area contributed by atoms with Crippen molar-refractivity contribution in [2.75, 3.05) is 6.54 Å². The zero-order valence-corrected chi connectivity index (χ0v) is 10.2. The lowest BCUT2D eigenvalue weighted by Crippen LogP contribution is -2.32. The Morgan fingerprint density at radius 2 is 2.00 bits per heavy atom. The van der Waals surface area contributed by atoms with Gasteiger partial charge in [0.1, 0.15) is 5.75 Å². The van der Waals surface area contributed by atoms with E-state index in [1.165, 1.54) is 6.07 Å². The van der Waals surface area contributed by atoms with Crippen molar-refractivity contribution < 1.29 is 15.0 Å². The molecule has 1 unspecified atom stereocenters. The van der Waals surface area contributed by atoms with E-state index in [4.69, 9.17) is 0 Å². The van der Waals surface area contributed by atoms with E-state index in [1.807, 2.05) is 13.8 Å². The van der Waals surface area contributed by atoms with Gasteiger partial charge in [-0.15, -0.1) is 0 Å². The van der Waals surface area contributed by atoms with Crippen LogP contribution >= 0.6 is 0 Å². The summed E-state index contributed by atoms with van der Waals surface area (Å²) in [5, 5.41) is 21.7. The molecule has 0 aliphatic heterocycles. The minimum Gasteiger partial charge on any atom is -0.507 e. The molecule has 0 heterocycles. The van der Waals surface area contributed by atoms with Crippen LogP contribution in [0.4, 0.5) is 0 Å². The number of aliphatic hydroxyl groups excluding tert-OH is 1. The van der Waals surface area contributed by atoms with Gasteiger partial charge in [-0.3, -0.25) is 4.79 Å². The van der Waals surface area contributed by atoms with Gasteiger partial charge < -0.3 is 15.5 Å². The minimum atomic E-state index is -0.551. The Labute approximate surface area is 101 Å². The van der Waals surface area contributed by atoms with Crippen molar-refractivity contribution >= 4 is 5.91 Å². The number of phenolic OH excluding ortho intramolecular Hbond substituents is 1. The van der Waals surface area contributed by atoms with Crippen molar-refractivity contribution in [3.8, 4) is 5.75 Å². The number of carbonyl (C=O) groups is 1. The lowest BCUT2D eigenvalue weighted by Gasteiger charge is -2.14. The van der Waals surface area contributed by atoms with Crippen LogP contribution in [0.5, 0.6) is 5.75 Å². The Bertz CT molecular complexity index is 377. The van der Waals surface area contributed by atoms with Crippen molar-refractivity contribution in [1.29, 1.82) is 0 Å². The van der Waals surface area contributed by atoms with E-state index in [9.17, 15) is 15.0 Å². The lowest BCUT2D eigenvalue weighted by atomic mass is 10.1. The molecular weight excluding hydrogens is 218 g/mol. The Kier molecular flexibility index (Phi) is 4.97. The van der Waals surface area contributed by atoms with Gasteiger partial charge in [-0.05, 0) is 24.5 Å². The SMILES string of the molecule is CC(C)CC(O)CNC(=O)c1ccccc1O. The molecule has 0 aliphatic rings. The number of benzene rings is 1. The Morgan fingerprint density at radius 1 is 1.35 bits per heavy atom. The van der Waals surface area contributed by atoms with Crippen LogP contribution in [0.2, 0.25) is 0 Å². The molecule has 0 bridgehead atoms. The number of hydrogen-bond donors (Lipinski definition) is 3. The first-order valence-corrected chi connectivity index (χ1v) is 5.75. The summed E-state index contributed by atoms with van der Waals surface area (Å²) in [6.07, 6.45) is 0.0888. The molecule has 1 atom stereocenters. The van der Waals surface area contributed by atoms with Gasteiger partial charge in [-0.25, -0.2) is 0 Å². The van der Waals surface area contributed by atoms with E-state index in [1.54, 1.807) is 18.2 Å². The highest BCUT2D eigenvalue weighted by atomic mass is 16.3. The van der Waals surface area contributed by atoms with Crippen molar-refractivity contribution in [3.63, 3.8) is 0 Å². The smallest absolute Gasteiger partial charge is 0.255 e. The fourth-order valence-corrected chi connectivity index (χ4v) is 1.60. The molecule has 0 aromatic heterocycles. The lowest BCUT2D eigenvalue weighted by molar-refractivity contribution is 0.0897. The quantitative estimate of drug-likeness (QED) is 0.727. The molecule has 4 heteroatoms. The maximum Gasteiger partial charge on any atom is 0.255 e. The van der Waals surface area contributed by atoms with Crippen molar-refractivity contribution in [1.82, 2.24) is 5.32 Å². The predicted octanol–water partition coefficient (Wildman–Crippen LogP) is 1.53. The van der Waals surface area contributed by atoms with Gasteiger partial charge in [-0.1, -0.05) is 26.0 Å². The maximum atomic E-state index is 11.7. The van der Waals surface area contributed by atoms with Crippen molar-refractivity contribution in [2.45, 2.75) is 26.4 Å². The van der Waals surface area contributed by atoms with Crippen LogP contribution in [0.1, 0.15) is 30.6 Å². The van der Waals surface area contributed by atoms with Gasteiger partial charge in [0.2, 0.25) is 0 Å². The molecule has 0 saturated carbocycles. The maximum absolute atomic E-state index is 11.7. The first-order valence-electron chi connectivity index (χ1n) is 5.75. The van der Waals surface area contributed by atoms with Crippen molar-refractivity contribution in [2.24, 2.45) is 5.92 Å². The molecule has 3 N–H and O–H groups in total. The highest BCUT2D eigenvalue weighted by molar-refractivity contribution is 5.96. The average molecular weight is 237 g/mol. The molecule has 1 rings (SSSR count). The highest BCUT2D eigenvalue weighted by Crippen LogP contribution is 2.15. The largest absolute Gasteiger partial charge is 0.507 e. The van der Waals surface area contributed by atoms with Crippen LogP contribution in [0, 0.1) is 5.92 Å². The minimum absolute atomic E-state index is 0.0525. The molecule has 94 valence electrons. The Hall–Kier alpha value is -1.55. The topological polar surface area (TPSA) is 69.6 Å². The van der Waals surface area contributed by atoms with E-state index >= 15 is 0 Å².